The first-order valence-corrected chi connectivity index (χ1v) is 7.77. The summed E-state index contributed by atoms with van der Waals surface area (Å²) < 4.78 is 6.75. The van der Waals surface area contributed by atoms with Crippen molar-refractivity contribution in [2.75, 3.05) is 0 Å². The van der Waals surface area contributed by atoms with E-state index in [-0.39, 0.29) is 5.56 Å². The van der Waals surface area contributed by atoms with Crippen molar-refractivity contribution in [3.63, 3.8) is 0 Å². The fraction of sp³-hybridized carbons (Fsp3) is 0.105. The Balaban J connectivity index is 2.05. The van der Waals surface area contributed by atoms with Gasteiger partial charge in [0.1, 0.15) is 11.3 Å². The van der Waals surface area contributed by atoms with Crippen molar-refractivity contribution in [3.8, 4) is 16.9 Å². The van der Waals surface area contributed by atoms with Gasteiger partial charge in [0.15, 0.2) is 6.10 Å². The highest BCUT2D eigenvalue weighted by Crippen LogP contribution is 2.24. The molecule has 0 bridgehead atoms. The smallest absolute Gasteiger partial charge is 0.342 e. The van der Waals surface area contributed by atoms with Crippen molar-refractivity contribution >= 4 is 11.9 Å². The number of benzene rings is 2. The van der Waals surface area contributed by atoms with Crippen molar-refractivity contribution in [2.24, 2.45) is 5.73 Å². The van der Waals surface area contributed by atoms with Gasteiger partial charge < -0.3 is 10.5 Å². The van der Waals surface area contributed by atoms with Gasteiger partial charge in [-0.1, -0.05) is 48.5 Å². The summed E-state index contributed by atoms with van der Waals surface area (Å²) in [5.74, 6) is -1.35. The Morgan fingerprint density at radius 3 is 2.24 bits per heavy atom. The van der Waals surface area contributed by atoms with E-state index in [0.717, 1.165) is 11.3 Å². The standard InChI is InChI=1S/C19H17N3O3/c1-13(18(20)23)25-19(24)16-12-22(15-10-6-3-7-11-15)21-17(16)14-8-4-2-5-9-14/h2-13H,1H3,(H2,20,23)/t13-/m1/s1. The van der Waals surface area contributed by atoms with Crippen LogP contribution < -0.4 is 5.73 Å². The highest BCUT2D eigenvalue weighted by molar-refractivity contribution is 5.97. The lowest BCUT2D eigenvalue weighted by Crippen LogP contribution is -2.30. The second kappa shape index (κ2) is 7.00. The molecule has 2 N–H and O–H groups in total. The first kappa shape index (κ1) is 16.4. The van der Waals surface area contributed by atoms with Gasteiger partial charge in [-0.15, -0.1) is 0 Å². The summed E-state index contributed by atoms with van der Waals surface area (Å²) in [6, 6.07) is 18.7. The molecule has 3 rings (SSSR count). The topological polar surface area (TPSA) is 87.2 Å². The van der Waals surface area contributed by atoms with E-state index in [9.17, 15) is 9.59 Å². The zero-order chi connectivity index (χ0) is 17.8. The summed E-state index contributed by atoms with van der Waals surface area (Å²) in [4.78, 5) is 23.7. The number of nitrogens with zero attached hydrogens (tertiary/aromatic N) is 2. The van der Waals surface area contributed by atoms with E-state index in [2.05, 4.69) is 5.10 Å². The highest BCUT2D eigenvalue weighted by atomic mass is 16.5. The molecule has 25 heavy (non-hydrogen) atoms. The lowest BCUT2D eigenvalue weighted by atomic mass is 10.1. The van der Waals surface area contributed by atoms with Crippen molar-refractivity contribution < 1.29 is 14.3 Å². The van der Waals surface area contributed by atoms with Crippen LogP contribution in [0.25, 0.3) is 16.9 Å². The number of primary amides is 1. The molecule has 2 aromatic carbocycles. The van der Waals surface area contributed by atoms with E-state index < -0.39 is 18.0 Å². The van der Waals surface area contributed by atoms with Gasteiger partial charge in [-0.25, -0.2) is 9.48 Å². The molecule has 0 spiro atoms. The van der Waals surface area contributed by atoms with Gasteiger partial charge in [-0.3, -0.25) is 4.79 Å². The molecule has 1 atom stereocenters. The van der Waals surface area contributed by atoms with Crippen LogP contribution in [0.15, 0.2) is 66.9 Å². The minimum absolute atomic E-state index is 0.267. The summed E-state index contributed by atoms with van der Waals surface area (Å²) in [6.45, 7) is 1.43. The minimum atomic E-state index is -1.02. The largest absolute Gasteiger partial charge is 0.449 e. The van der Waals surface area contributed by atoms with Crippen LogP contribution in [-0.4, -0.2) is 27.8 Å². The Kier molecular flexibility index (Phi) is 4.61. The van der Waals surface area contributed by atoms with Crippen LogP contribution in [0.3, 0.4) is 0 Å². The molecule has 0 aliphatic heterocycles. The molecule has 1 amide bonds. The molecule has 6 heteroatoms. The highest BCUT2D eigenvalue weighted by Gasteiger charge is 2.23. The van der Waals surface area contributed by atoms with E-state index in [1.165, 1.54) is 6.92 Å². The van der Waals surface area contributed by atoms with Gasteiger partial charge >= 0.3 is 5.97 Å². The Labute approximate surface area is 144 Å². The van der Waals surface area contributed by atoms with E-state index in [0.29, 0.717) is 5.69 Å². The number of amides is 1. The number of carbonyl (C=O) groups is 2. The zero-order valence-electron chi connectivity index (χ0n) is 13.6. The Bertz CT molecular complexity index is 889. The number of hydrogen-bond acceptors (Lipinski definition) is 4. The van der Waals surface area contributed by atoms with Crippen molar-refractivity contribution in [2.45, 2.75) is 13.0 Å². The number of ether oxygens (including phenoxy) is 1. The molecule has 1 heterocycles. The van der Waals surface area contributed by atoms with Gasteiger partial charge in [0.25, 0.3) is 5.91 Å². The Hall–Kier alpha value is -3.41. The lowest BCUT2D eigenvalue weighted by Gasteiger charge is -2.09. The van der Waals surface area contributed by atoms with Crippen LogP contribution in [0.4, 0.5) is 0 Å². The molecule has 0 fully saturated rings. The third kappa shape index (κ3) is 3.58. The lowest BCUT2D eigenvalue weighted by molar-refractivity contribution is -0.125. The quantitative estimate of drug-likeness (QED) is 0.726. The predicted molar refractivity (Wildman–Crippen MR) is 93.1 cm³/mol. The van der Waals surface area contributed by atoms with Crippen molar-refractivity contribution in [3.05, 3.63) is 72.4 Å². The maximum absolute atomic E-state index is 12.5. The summed E-state index contributed by atoms with van der Waals surface area (Å²) in [5, 5.41) is 4.52. The molecule has 3 aromatic rings. The van der Waals surface area contributed by atoms with Gasteiger partial charge in [-0.05, 0) is 19.1 Å². The van der Waals surface area contributed by atoms with Crippen molar-refractivity contribution in [1.82, 2.24) is 9.78 Å². The molecule has 0 aliphatic carbocycles. The van der Waals surface area contributed by atoms with Gasteiger partial charge in [-0.2, -0.15) is 5.10 Å². The molecule has 0 saturated heterocycles. The zero-order valence-corrected chi connectivity index (χ0v) is 13.6. The van der Waals surface area contributed by atoms with E-state index in [4.69, 9.17) is 10.5 Å². The van der Waals surface area contributed by atoms with Crippen molar-refractivity contribution in [1.29, 1.82) is 0 Å². The number of hydrogen-bond donors (Lipinski definition) is 1. The molecular weight excluding hydrogens is 318 g/mol. The van der Waals surface area contributed by atoms with Crippen LogP contribution in [0.5, 0.6) is 0 Å². The fourth-order valence-electron chi connectivity index (χ4n) is 2.33. The Morgan fingerprint density at radius 2 is 1.64 bits per heavy atom. The normalized spacial score (nSPS) is 11.7. The van der Waals surface area contributed by atoms with Crippen LogP contribution >= 0.6 is 0 Å². The van der Waals surface area contributed by atoms with Gasteiger partial charge in [0, 0.05) is 11.8 Å². The number of carbonyl (C=O) groups excluding carboxylic acids is 2. The molecule has 0 saturated carbocycles. The number of para-hydroxylation sites is 1. The first-order valence-electron chi connectivity index (χ1n) is 7.77. The summed E-state index contributed by atoms with van der Waals surface area (Å²) in [6.07, 6.45) is 0.574. The average molecular weight is 335 g/mol. The SMILES string of the molecule is C[C@@H](OC(=O)c1cn(-c2ccccc2)nc1-c1ccccc1)C(N)=O. The maximum Gasteiger partial charge on any atom is 0.342 e. The van der Waals surface area contributed by atoms with E-state index >= 15 is 0 Å². The average Bonchev–Trinajstić information content (AvgIpc) is 3.08. The molecule has 0 radical (unpaired) electrons. The van der Waals surface area contributed by atoms with Gasteiger partial charge in [0.2, 0.25) is 0 Å². The number of rotatable bonds is 5. The summed E-state index contributed by atoms with van der Waals surface area (Å²) >= 11 is 0. The Morgan fingerprint density at radius 1 is 1.04 bits per heavy atom. The van der Waals surface area contributed by atoms with Crippen LogP contribution in [0, 0.1) is 0 Å². The second-order valence-electron chi connectivity index (χ2n) is 5.49. The maximum atomic E-state index is 12.5. The number of aromatic nitrogens is 2. The summed E-state index contributed by atoms with van der Waals surface area (Å²) in [7, 11) is 0. The fourth-order valence-corrected chi connectivity index (χ4v) is 2.33. The molecular formula is C19H17N3O3. The predicted octanol–water partition coefficient (Wildman–Crippen LogP) is 2.57. The van der Waals surface area contributed by atoms with E-state index in [1.807, 2.05) is 60.7 Å². The molecule has 0 unspecified atom stereocenters. The number of esters is 1. The van der Waals surface area contributed by atoms with Crippen LogP contribution in [0.1, 0.15) is 17.3 Å². The van der Waals surface area contributed by atoms with Crippen LogP contribution in [-0.2, 0) is 9.53 Å². The molecule has 1 aromatic heterocycles. The van der Waals surface area contributed by atoms with Crippen LogP contribution in [0.2, 0.25) is 0 Å². The molecule has 0 aliphatic rings. The minimum Gasteiger partial charge on any atom is -0.449 e. The monoisotopic (exact) mass is 335 g/mol. The summed E-state index contributed by atoms with van der Waals surface area (Å²) in [5.41, 5.74) is 7.50. The third-order valence-corrected chi connectivity index (χ3v) is 3.69. The second-order valence-corrected chi connectivity index (χ2v) is 5.49. The van der Waals surface area contributed by atoms with Gasteiger partial charge in [0.05, 0.1) is 5.69 Å². The third-order valence-electron chi connectivity index (χ3n) is 3.69. The number of nitrogens with two attached hydrogens (primary N) is 1. The first-order chi connectivity index (χ1) is 12.1. The van der Waals surface area contributed by atoms with E-state index in [1.54, 1.807) is 10.9 Å². The molecule has 126 valence electrons. The molecule has 6 nitrogen and oxygen atoms in total.